The third-order valence-corrected chi connectivity index (χ3v) is 4.76. The zero-order valence-electron chi connectivity index (χ0n) is 14.2. The van der Waals surface area contributed by atoms with Crippen molar-refractivity contribution in [1.29, 1.82) is 0 Å². The van der Waals surface area contributed by atoms with E-state index in [-0.39, 0.29) is 11.6 Å². The Hall–Kier alpha value is -3.22. The highest BCUT2D eigenvalue weighted by Crippen LogP contribution is 2.31. The number of aromatic carboxylic acids is 1. The van der Waals surface area contributed by atoms with E-state index in [1.165, 1.54) is 6.20 Å². The first-order valence-corrected chi connectivity index (χ1v) is 8.60. The molecule has 0 bridgehead atoms. The number of anilines is 1. The van der Waals surface area contributed by atoms with E-state index >= 15 is 0 Å². The summed E-state index contributed by atoms with van der Waals surface area (Å²) in [6.45, 7) is 1.67. The lowest BCUT2D eigenvalue weighted by Gasteiger charge is -2.33. The van der Waals surface area contributed by atoms with Gasteiger partial charge >= 0.3 is 5.97 Å². The van der Waals surface area contributed by atoms with Crippen LogP contribution in [0.1, 0.15) is 29.2 Å². The molecule has 0 saturated carbocycles. The smallest absolute Gasteiger partial charge is 0.338 e. The summed E-state index contributed by atoms with van der Waals surface area (Å²) in [7, 11) is 0. The molecule has 0 unspecified atom stereocenters. The van der Waals surface area contributed by atoms with E-state index in [9.17, 15) is 4.79 Å². The van der Waals surface area contributed by atoms with Gasteiger partial charge in [0.25, 0.3) is 0 Å². The van der Waals surface area contributed by atoms with Crippen LogP contribution in [0.4, 0.5) is 5.82 Å². The highest BCUT2D eigenvalue weighted by molar-refractivity contribution is 5.86. The summed E-state index contributed by atoms with van der Waals surface area (Å²) in [4.78, 5) is 22.0. The molecule has 3 heterocycles. The van der Waals surface area contributed by atoms with Gasteiger partial charge in [0.2, 0.25) is 0 Å². The average molecular weight is 349 g/mol. The monoisotopic (exact) mass is 349 g/mol. The summed E-state index contributed by atoms with van der Waals surface area (Å²) in [5.74, 6) is -0.00138. The van der Waals surface area contributed by atoms with E-state index in [1.54, 1.807) is 17.2 Å². The summed E-state index contributed by atoms with van der Waals surface area (Å²) in [6, 6.07) is 10.3. The molecule has 7 heteroatoms. The van der Waals surface area contributed by atoms with Crippen LogP contribution in [0.15, 0.2) is 55.2 Å². The molecule has 2 aromatic heterocycles. The molecule has 0 spiro atoms. The van der Waals surface area contributed by atoms with Gasteiger partial charge in [-0.1, -0.05) is 30.3 Å². The fourth-order valence-corrected chi connectivity index (χ4v) is 3.39. The number of nitrogens with zero attached hydrogens (tertiary/aromatic N) is 5. The second-order valence-electron chi connectivity index (χ2n) is 6.36. The van der Waals surface area contributed by atoms with E-state index in [4.69, 9.17) is 5.11 Å². The van der Waals surface area contributed by atoms with Gasteiger partial charge in [0.05, 0.1) is 17.8 Å². The average Bonchev–Trinajstić information content (AvgIpc) is 3.19. The van der Waals surface area contributed by atoms with Gasteiger partial charge in [0.1, 0.15) is 12.1 Å². The molecular formula is C19H19N5O2. The molecular weight excluding hydrogens is 330 g/mol. The molecule has 4 rings (SSSR count). The van der Waals surface area contributed by atoms with Crippen molar-refractivity contribution >= 4 is 11.8 Å². The molecule has 1 aliphatic heterocycles. The van der Waals surface area contributed by atoms with Crippen LogP contribution >= 0.6 is 0 Å². The fourth-order valence-electron chi connectivity index (χ4n) is 3.39. The molecule has 0 amide bonds. The lowest BCUT2D eigenvalue weighted by molar-refractivity contribution is 0.0696. The fraction of sp³-hybridized carbons (Fsp3) is 0.263. The maximum absolute atomic E-state index is 11.0. The van der Waals surface area contributed by atoms with Crippen molar-refractivity contribution in [2.75, 3.05) is 18.0 Å². The number of hydrogen-bond donors (Lipinski definition) is 1. The van der Waals surface area contributed by atoms with Gasteiger partial charge in [0.15, 0.2) is 0 Å². The van der Waals surface area contributed by atoms with Gasteiger partial charge in [-0.2, -0.15) is 5.10 Å². The summed E-state index contributed by atoms with van der Waals surface area (Å²) in [5, 5.41) is 13.3. The van der Waals surface area contributed by atoms with E-state index in [2.05, 4.69) is 32.1 Å². The van der Waals surface area contributed by atoms with Crippen molar-refractivity contribution in [2.24, 2.45) is 0 Å². The summed E-state index contributed by atoms with van der Waals surface area (Å²) in [5.41, 5.74) is 2.36. The predicted molar refractivity (Wildman–Crippen MR) is 97.1 cm³/mol. The van der Waals surface area contributed by atoms with Gasteiger partial charge in [-0.25, -0.2) is 14.8 Å². The first-order chi connectivity index (χ1) is 12.7. The van der Waals surface area contributed by atoms with Crippen molar-refractivity contribution < 1.29 is 9.90 Å². The number of aromatic nitrogens is 4. The largest absolute Gasteiger partial charge is 0.478 e. The number of hydrogen-bond acceptors (Lipinski definition) is 5. The molecule has 26 heavy (non-hydrogen) atoms. The number of carboxylic acids is 1. The molecule has 0 aliphatic carbocycles. The second kappa shape index (κ2) is 6.95. The molecule has 1 aromatic carbocycles. The van der Waals surface area contributed by atoms with Crippen LogP contribution in [0.5, 0.6) is 0 Å². The Morgan fingerprint density at radius 1 is 1.12 bits per heavy atom. The number of piperidine rings is 1. The Bertz CT molecular complexity index is 901. The normalized spacial score (nSPS) is 15.2. The number of carboxylic acid groups (broad SMARTS) is 1. The van der Waals surface area contributed by atoms with Crippen LogP contribution < -0.4 is 4.90 Å². The van der Waals surface area contributed by atoms with Gasteiger partial charge in [-0.15, -0.1) is 0 Å². The van der Waals surface area contributed by atoms with Crippen molar-refractivity contribution in [2.45, 2.75) is 18.9 Å². The van der Waals surface area contributed by atoms with Crippen molar-refractivity contribution in [3.63, 3.8) is 0 Å². The minimum absolute atomic E-state index is 0.210. The lowest BCUT2D eigenvalue weighted by atomic mass is 10.0. The Kier molecular flexibility index (Phi) is 4.35. The molecule has 1 N–H and O–H groups in total. The summed E-state index contributed by atoms with van der Waals surface area (Å²) < 4.78 is 1.78. The van der Waals surface area contributed by atoms with Gasteiger partial charge in [-0.3, -0.25) is 4.68 Å². The molecule has 7 nitrogen and oxygen atoms in total. The predicted octanol–water partition coefficient (Wildman–Crippen LogP) is 2.88. The van der Waals surface area contributed by atoms with Gasteiger partial charge < -0.3 is 10.0 Å². The Labute approximate surface area is 150 Å². The van der Waals surface area contributed by atoms with Crippen LogP contribution in [-0.4, -0.2) is 43.9 Å². The molecule has 0 atom stereocenters. The highest BCUT2D eigenvalue weighted by Gasteiger charge is 2.24. The molecule has 132 valence electrons. The molecule has 1 saturated heterocycles. The molecule has 0 radical (unpaired) electrons. The van der Waals surface area contributed by atoms with E-state index < -0.39 is 5.97 Å². The summed E-state index contributed by atoms with van der Waals surface area (Å²) >= 11 is 0. The zero-order chi connectivity index (χ0) is 17.9. The van der Waals surface area contributed by atoms with Crippen molar-refractivity contribution in [3.8, 4) is 11.1 Å². The Morgan fingerprint density at radius 2 is 1.88 bits per heavy atom. The first-order valence-electron chi connectivity index (χ1n) is 8.60. The van der Waals surface area contributed by atoms with E-state index in [0.717, 1.165) is 42.9 Å². The third kappa shape index (κ3) is 3.15. The first kappa shape index (κ1) is 16.3. The number of carbonyl (C=O) groups is 1. The maximum Gasteiger partial charge on any atom is 0.338 e. The minimum atomic E-state index is -0.942. The standard InChI is InChI=1S/C19H19N5O2/c25-19(26)15-10-22-24(12-15)16-6-8-23(9-7-16)18-17(11-20-13-21-18)14-4-2-1-3-5-14/h1-5,10-13,16H,6-9H2,(H,25,26). The minimum Gasteiger partial charge on any atom is -0.478 e. The van der Waals surface area contributed by atoms with Crippen LogP contribution in [0, 0.1) is 0 Å². The van der Waals surface area contributed by atoms with Crippen LogP contribution in [0.3, 0.4) is 0 Å². The topological polar surface area (TPSA) is 84.1 Å². The second-order valence-corrected chi connectivity index (χ2v) is 6.36. The summed E-state index contributed by atoms with van der Waals surface area (Å²) in [6.07, 6.45) is 8.24. The van der Waals surface area contributed by atoms with Gasteiger partial charge in [-0.05, 0) is 18.4 Å². The number of rotatable bonds is 4. The highest BCUT2D eigenvalue weighted by atomic mass is 16.4. The van der Waals surface area contributed by atoms with Crippen LogP contribution in [-0.2, 0) is 0 Å². The van der Waals surface area contributed by atoms with Crippen LogP contribution in [0.25, 0.3) is 11.1 Å². The Morgan fingerprint density at radius 3 is 2.58 bits per heavy atom. The lowest BCUT2D eigenvalue weighted by Crippen LogP contribution is -2.35. The third-order valence-electron chi connectivity index (χ3n) is 4.76. The van der Waals surface area contributed by atoms with E-state index in [1.807, 2.05) is 24.4 Å². The van der Waals surface area contributed by atoms with Crippen molar-refractivity contribution in [3.05, 3.63) is 60.8 Å². The van der Waals surface area contributed by atoms with E-state index in [0.29, 0.717) is 0 Å². The van der Waals surface area contributed by atoms with Crippen molar-refractivity contribution in [1.82, 2.24) is 19.7 Å². The molecule has 1 fully saturated rings. The Balaban J connectivity index is 1.51. The van der Waals surface area contributed by atoms with Gasteiger partial charge in [0, 0.05) is 31.0 Å². The maximum atomic E-state index is 11.0. The quantitative estimate of drug-likeness (QED) is 0.780. The molecule has 1 aliphatic rings. The van der Waals surface area contributed by atoms with Crippen LogP contribution in [0.2, 0.25) is 0 Å². The molecule has 3 aromatic rings. The zero-order valence-corrected chi connectivity index (χ0v) is 14.2. The number of benzene rings is 1. The SMILES string of the molecule is O=C(O)c1cnn(C2CCN(c3ncncc3-c3ccccc3)CC2)c1.